The van der Waals surface area contributed by atoms with E-state index in [1.165, 1.54) is 6.07 Å². The number of hydrogen-bond donors (Lipinski definition) is 0. The summed E-state index contributed by atoms with van der Waals surface area (Å²) in [5.74, 6) is -0.453. The second kappa shape index (κ2) is 4.85. The number of rotatable bonds is 2. The van der Waals surface area contributed by atoms with E-state index in [1.54, 1.807) is 19.1 Å². The number of carbonyl (C=O) groups excluding carboxylic acids is 1. The van der Waals surface area contributed by atoms with E-state index in [0.29, 0.717) is 28.4 Å². The number of halogens is 2. The molecule has 0 saturated heterocycles. The molecule has 0 spiro atoms. The van der Waals surface area contributed by atoms with Crippen molar-refractivity contribution < 1.29 is 9.53 Å². The molecule has 0 amide bonds. The average molecular weight is 271 g/mol. The monoisotopic (exact) mass is 270 g/mol. The molecule has 2 aromatic heterocycles. The molecule has 0 unspecified atom stereocenters. The molecule has 0 aliphatic carbocycles. The largest absolute Gasteiger partial charge is 0.462 e. The Bertz CT molecular complexity index is 582. The molecule has 0 fully saturated rings. The lowest BCUT2D eigenvalue weighted by Gasteiger charge is -2.06. The summed E-state index contributed by atoms with van der Waals surface area (Å²) in [6.45, 7) is 2.03. The zero-order chi connectivity index (χ0) is 12.4. The fourth-order valence-corrected chi connectivity index (χ4v) is 1.76. The van der Waals surface area contributed by atoms with Gasteiger partial charge in [0.15, 0.2) is 5.65 Å². The van der Waals surface area contributed by atoms with Gasteiger partial charge in [-0.05, 0) is 25.1 Å². The first-order valence-electron chi connectivity index (χ1n) is 4.91. The van der Waals surface area contributed by atoms with Crippen LogP contribution < -0.4 is 0 Å². The Morgan fingerprint density at radius 3 is 2.71 bits per heavy atom. The highest BCUT2D eigenvalue weighted by Crippen LogP contribution is 2.22. The van der Waals surface area contributed by atoms with Crippen molar-refractivity contribution in [1.82, 2.24) is 9.97 Å². The first-order chi connectivity index (χ1) is 8.11. The SMILES string of the molecule is CCOC(=O)c1cc(Cl)nc2nc(Cl)ccc12. The van der Waals surface area contributed by atoms with Gasteiger partial charge in [-0.15, -0.1) is 0 Å². The van der Waals surface area contributed by atoms with E-state index in [9.17, 15) is 4.79 Å². The fraction of sp³-hybridized carbons (Fsp3) is 0.182. The number of pyridine rings is 2. The smallest absolute Gasteiger partial charge is 0.338 e. The summed E-state index contributed by atoms with van der Waals surface area (Å²) in [6.07, 6.45) is 0. The summed E-state index contributed by atoms with van der Waals surface area (Å²) >= 11 is 11.6. The van der Waals surface area contributed by atoms with Crippen LogP contribution in [0.1, 0.15) is 17.3 Å². The van der Waals surface area contributed by atoms with E-state index in [0.717, 1.165) is 0 Å². The van der Waals surface area contributed by atoms with Gasteiger partial charge in [0.2, 0.25) is 0 Å². The van der Waals surface area contributed by atoms with E-state index in [-0.39, 0.29) is 5.15 Å². The van der Waals surface area contributed by atoms with Gasteiger partial charge in [0.25, 0.3) is 0 Å². The minimum absolute atomic E-state index is 0.176. The molecule has 0 bridgehead atoms. The molecule has 0 aromatic carbocycles. The lowest BCUT2D eigenvalue weighted by Crippen LogP contribution is -2.06. The summed E-state index contributed by atoms with van der Waals surface area (Å²) in [4.78, 5) is 19.7. The van der Waals surface area contributed by atoms with Crippen LogP contribution in [0.15, 0.2) is 18.2 Å². The van der Waals surface area contributed by atoms with E-state index in [1.807, 2.05) is 0 Å². The van der Waals surface area contributed by atoms with Crippen LogP contribution in [0.3, 0.4) is 0 Å². The summed E-state index contributed by atoms with van der Waals surface area (Å²) < 4.78 is 4.94. The standard InChI is InChI=1S/C11H8Cl2N2O2/c1-2-17-11(16)7-5-9(13)15-10-6(7)3-4-8(12)14-10/h3-5H,2H2,1H3. The predicted octanol–water partition coefficient (Wildman–Crippen LogP) is 3.11. The van der Waals surface area contributed by atoms with Gasteiger partial charge in [0.1, 0.15) is 10.3 Å². The molecule has 4 nitrogen and oxygen atoms in total. The maximum Gasteiger partial charge on any atom is 0.338 e. The van der Waals surface area contributed by atoms with Gasteiger partial charge >= 0.3 is 5.97 Å². The van der Waals surface area contributed by atoms with Crippen LogP contribution >= 0.6 is 23.2 Å². The maximum atomic E-state index is 11.7. The van der Waals surface area contributed by atoms with Crippen molar-refractivity contribution in [3.63, 3.8) is 0 Å². The minimum Gasteiger partial charge on any atom is -0.462 e. The van der Waals surface area contributed by atoms with Crippen molar-refractivity contribution in [2.24, 2.45) is 0 Å². The van der Waals surface area contributed by atoms with Crippen molar-refractivity contribution >= 4 is 40.2 Å². The van der Waals surface area contributed by atoms with Crippen LogP contribution in [0, 0.1) is 0 Å². The quantitative estimate of drug-likeness (QED) is 0.622. The Kier molecular flexibility index (Phi) is 3.45. The molecule has 0 aliphatic rings. The number of fused-ring (bicyclic) bond motifs is 1. The molecule has 2 rings (SSSR count). The summed E-state index contributed by atoms with van der Waals surface area (Å²) in [5, 5.41) is 1.04. The number of hydrogen-bond acceptors (Lipinski definition) is 4. The van der Waals surface area contributed by atoms with Crippen LogP contribution in [0.4, 0.5) is 0 Å². The van der Waals surface area contributed by atoms with E-state index in [4.69, 9.17) is 27.9 Å². The summed E-state index contributed by atoms with van der Waals surface area (Å²) in [5.41, 5.74) is 0.666. The Morgan fingerprint density at radius 2 is 2.00 bits per heavy atom. The first kappa shape index (κ1) is 12.1. The Balaban J connectivity index is 2.65. The van der Waals surface area contributed by atoms with Gasteiger partial charge in [-0.2, -0.15) is 0 Å². The number of nitrogens with zero attached hydrogens (tertiary/aromatic N) is 2. The lowest BCUT2D eigenvalue weighted by molar-refractivity contribution is 0.0528. The van der Waals surface area contributed by atoms with Gasteiger partial charge in [-0.3, -0.25) is 0 Å². The molecule has 2 heterocycles. The highest BCUT2D eigenvalue weighted by Gasteiger charge is 2.14. The third kappa shape index (κ3) is 2.48. The molecule has 17 heavy (non-hydrogen) atoms. The van der Waals surface area contributed by atoms with E-state index < -0.39 is 5.97 Å². The predicted molar refractivity (Wildman–Crippen MR) is 65.5 cm³/mol. The molecule has 6 heteroatoms. The van der Waals surface area contributed by atoms with Gasteiger partial charge in [0, 0.05) is 5.39 Å². The Morgan fingerprint density at radius 1 is 1.29 bits per heavy atom. The molecule has 0 radical (unpaired) electrons. The normalized spacial score (nSPS) is 10.5. The van der Waals surface area contributed by atoms with Crippen molar-refractivity contribution in [3.05, 3.63) is 34.1 Å². The van der Waals surface area contributed by atoms with Crippen molar-refractivity contribution in [2.45, 2.75) is 6.92 Å². The van der Waals surface area contributed by atoms with Crippen LogP contribution in [-0.4, -0.2) is 22.5 Å². The zero-order valence-corrected chi connectivity index (χ0v) is 10.4. The molecular formula is C11H8Cl2N2O2. The second-order valence-corrected chi connectivity index (χ2v) is 3.99. The molecule has 88 valence electrons. The van der Waals surface area contributed by atoms with E-state index in [2.05, 4.69) is 9.97 Å². The first-order valence-corrected chi connectivity index (χ1v) is 5.67. The third-order valence-corrected chi connectivity index (χ3v) is 2.51. The molecule has 2 aromatic rings. The van der Waals surface area contributed by atoms with Crippen LogP contribution in [0.5, 0.6) is 0 Å². The van der Waals surface area contributed by atoms with E-state index >= 15 is 0 Å². The number of carbonyl (C=O) groups is 1. The molecular weight excluding hydrogens is 263 g/mol. The summed E-state index contributed by atoms with van der Waals surface area (Å²) in [6, 6.07) is 4.71. The molecule has 0 atom stereocenters. The second-order valence-electron chi connectivity index (χ2n) is 3.22. The van der Waals surface area contributed by atoms with Gasteiger partial charge in [-0.25, -0.2) is 14.8 Å². The number of ether oxygens (including phenoxy) is 1. The molecule has 0 N–H and O–H groups in total. The number of aromatic nitrogens is 2. The van der Waals surface area contributed by atoms with Crippen molar-refractivity contribution in [3.8, 4) is 0 Å². The van der Waals surface area contributed by atoms with Crippen LogP contribution in [0.25, 0.3) is 11.0 Å². The van der Waals surface area contributed by atoms with Crippen LogP contribution in [-0.2, 0) is 4.74 Å². The highest BCUT2D eigenvalue weighted by atomic mass is 35.5. The third-order valence-electron chi connectivity index (χ3n) is 2.10. The number of esters is 1. The minimum atomic E-state index is -0.453. The zero-order valence-electron chi connectivity index (χ0n) is 8.91. The van der Waals surface area contributed by atoms with Crippen molar-refractivity contribution in [2.75, 3.05) is 6.61 Å². The molecule has 0 saturated carbocycles. The topological polar surface area (TPSA) is 52.1 Å². The lowest BCUT2D eigenvalue weighted by atomic mass is 10.1. The van der Waals surface area contributed by atoms with Gasteiger partial charge in [0.05, 0.1) is 12.2 Å². The van der Waals surface area contributed by atoms with Gasteiger partial charge < -0.3 is 4.74 Å². The molecule has 0 aliphatic heterocycles. The van der Waals surface area contributed by atoms with Crippen molar-refractivity contribution in [1.29, 1.82) is 0 Å². The Labute approximate surface area is 108 Å². The average Bonchev–Trinajstić information content (AvgIpc) is 2.27. The van der Waals surface area contributed by atoms with Gasteiger partial charge in [-0.1, -0.05) is 23.2 Å². The summed E-state index contributed by atoms with van der Waals surface area (Å²) in [7, 11) is 0. The maximum absolute atomic E-state index is 11.7. The van der Waals surface area contributed by atoms with Crippen LogP contribution in [0.2, 0.25) is 10.3 Å². The Hall–Kier alpha value is -1.39. The highest BCUT2D eigenvalue weighted by molar-refractivity contribution is 6.31. The fourth-order valence-electron chi connectivity index (χ4n) is 1.43.